The fourth-order valence-corrected chi connectivity index (χ4v) is 2.06. The van der Waals surface area contributed by atoms with Crippen molar-refractivity contribution in [2.45, 2.75) is 13.5 Å². The summed E-state index contributed by atoms with van der Waals surface area (Å²) in [5.74, 6) is -0.398. The molecular weight excluding hydrogens is 248 g/mol. The summed E-state index contributed by atoms with van der Waals surface area (Å²) in [6.07, 6.45) is 1.48. The first kappa shape index (κ1) is 13.4. The molecular formula is C12H18N4O3. The topological polar surface area (TPSA) is 67.7 Å². The predicted molar refractivity (Wildman–Crippen MR) is 67.6 cm³/mol. The number of amides is 2. The minimum Gasteiger partial charge on any atom is -0.462 e. The van der Waals surface area contributed by atoms with E-state index >= 15 is 0 Å². The summed E-state index contributed by atoms with van der Waals surface area (Å²) in [5.41, 5.74) is 1.12. The SMILES string of the molecule is CCOC(=O)c1cnn(C)c1CN1CCN(C)C1=O. The normalized spacial score (nSPS) is 15.2. The Morgan fingerprint density at radius 3 is 2.74 bits per heavy atom. The second-order valence-corrected chi connectivity index (χ2v) is 4.47. The second kappa shape index (κ2) is 5.29. The van der Waals surface area contributed by atoms with Gasteiger partial charge in [-0.25, -0.2) is 9.59 Å². The van der Waals surface area contributed by atoms with Crippen LogP contribution in [0.4, 0.5) is 4.79 Å². The monoisotopic (exact) mass is 266 g/mol. The molecule has 1 fully saturated rings. The third-order valence-corrected chi connectivity index (χ3v) is 3.20. The zero-order valence-electron chi connectivity index (χ0n) is 11.4. The van der Waals surface area contributed by atoms with Crippen LogP contribution in [0.25, 0.3) is 0 Å². The van der Waals surface area contributed by atoms with E-state index in [-0.39, 0.29) is 6.03 Å². The highest BCUT2D eigenvalue weighted by molar-refractivity contribution is 5.90. The Labute approximate surface area is 111 Å². The van der Waals surface area contributed by atoms with Crippen molar-refractivity contribution < 1.29 is 14.3 Å². The first-order valence-corrected chi connectivity index (χ1v) is 6.22. The van der Waals surface area contributed by atoms with Crippen LogP contribution in [-0.4, -0.2) is 58.3 Å². The Morgan fingerprint density at radius 1 is 1.42 bits per heavy atom. The van der Waals surface area contributed by atoms with E-state index in [0.29, 0.717) is 37.5 Å². The third-order valence-electron chi connectivity index (χ3n) is 3.20. The van der Waals surface area contributed by atoms with E-state index in [1.165, 1.54) is 6.20 Å². The molecule has 2 amide bonds. The number of urea groups is 1. The molecule has 1 aliphatic heterocycles. The molecule has 104 valence electrons. The minimum absolute atomic E-state index is 0.0315. The fraction of sp³-hybridized carbons (Fsp3) is 0.583. The van der Waals surface area contributed by atoms with Gasteiger partial charge in [0.05, 0.1) is 25.0 Å². The van der Waals surface area contributed by atoms with E-state index in [1.807, 2.05) is 0 Å². The number of carbonyl (C=O) groups excluding carboxylic acids is 2. The standard InChI is InChI=1S/C12H18N4O3/c1-4-19-11(17)9-7-13-15(3)10(9)8-16-6-5-14(2)12(16)18/h7H,4-6,8H2,1-3H3. The Morgan fingerprint density at radius 2 is 2.16 bits per heavy atom. The van der Waals surface area contributed by atoms with Gasteiger partial charge in [0.2, 0.25) is 0 Å². The molecule has 0 spiro atoms. The van der Waals surface area contributed by atoms with Crippen LogP contribution in [0.2, 0.25) is 0 Å². The molecule has 1 aliphatic rings. The summed E-state index contributed by atoms with van der Waals surface area (Å²) in [7, 11) is 3.51. The first-order valence-electron chi connectivity index (χ1n) is 6.22. The van der Waals surface area contributed by atoms with Crippen LogP contribution in [-0.2, 0) is 18.3 Å². The quantitative estimate of drug-likeness (QED) is 0.743. The Kier molecular flexibility index (Phi) is 3.73. The number of rotatable bonds is 4. The summed E-state index contributed by atoms with van der Waals surface area (Å²) in [4.78, 5) is 27.0. The molecule has 2 rings (SSSR count). The highest BCUT2D eigenvalue weighted by Crippen LogP contribution is 2.16. The average molecular weight is 266 g/mol. The fourth-order valence-electron chi connectivity index (χ4n) is 2.06. The maximum atomic E-state index is 11.9. The van der Waals surface area contributed by atoms with E-state index in [0.717, 1.165) is 0 Å². The lowest BCUT2D eigenvalue weighted by molar-refractivity contribution is 0.0524. The van der Waals surface area contributed by atoms with E-state index in [4.69, 9.17) is 4.74 Å². The predicted octanol–water partition coefficient (Wildman–Crippen LogP) is 0.464. The number of aryl methyl sites for hydroxylation is 1. The molecule has 0 unspecified atom stereocenters. The van der Waals surface area contributed by atoms with Crippen molar-refractivity contribution in [2.75, 3.05) is 26.7 Å². The van der Waals surface area contributed by atoms with Crippen molar-refractivity contribution in [1.29, 1.82) is 0 Å². The van der Waals surface area contributed by atoms with Crippen molar-refractivity contribution >= 4 is 12.0 Å². The van der Waals surface area contributed by atoms with Gasteiger partial charge in [-0.15, -0.1) is 0 Å². The van der Waals surface area contributed by atoms with E-state index in [9.17, 15) is 9.59 Å². The number of ether oxygens (including phenoxy) is 1. The molecule has 1 saturated heterocycles. The molecule has 0 radical (unpaired) electrons. The van der Waals surface area contributed by atoms with Gasteiger partial charge in [0, 0.05) is 27.2 Å². The Bertz CT molecular complexity index is 497. The maximum Gasteiger partial charge on any atom is 0.341 e. The first-order chi connectivity index (χ1) is 9.04. The lowest BCUT2D eigenvalue weighted by atomic mass is 10.2. The van der Waals surface area contributed by atoms with Crippen LogP contribution < -0.4 is 0 Å². The highest BCUT2D eigenvalue weighted by atomic mass is 16.5. The summed E-state index contributed by atoms with van der Waals surface area (Å²) < 4.78 is 6.60. The lowest BCUT2D eigenvalue weighted by Crippen LogP contribution is -2.30. The number of hydrogen-bond acceptors (Lipinski definition) is 4. The number of carbonyl (C=O) groups is 2. The molecule has 19 heavy (non-hydrogen) atoms. The second-order valence-electron chi connectivity index (χ2n) is 4.47. The van der Waals surface area contributed by atoms with Crippen LogP contribution in [0.3, 0.4) is 0 Å². The van der Waals surface area contributed by atoms with Gasteiger partial charge in [-0.1, -0.05) is 0 Å². The smallest absolute Gasteiger partial charge is 0.341 e. The summed E-state index contributed by atoms with van der Waals surface area (Å²) >= 11 is 0. The van der Waals surface area contributed by atoms with Crippen LogP contribution in [0.15, 0.2) is 6.20 Å². The molecule has 0 aromatic carbocycles. The zero-order chi connectivity index (χ0) is 14.0. The number of likely N-dealkylation sites (N-methyl/N-ethyl adjacent to an activating group) is 1. The van der Waals surface area contributed by atoms with Gasteiger partial charge in [0.25, 0.3) is 0 Å². The molecule has 1 aromatic rings. The van der Waals surface area contributed by atoms with Crippen molar-refractivity contribution in [3.8, 4) is 0 Å². The lowest BCUT2D eigenvalue weighted by Gasteiger charge is -2.16. The number of nitrogens with zero attached hydrogens (tertiary/aromatic N) is 4. The molecule has 0 saturated carbocycles. The number of aromatic nitrogens is 2. The molecule has 0 bridgehead atoms. The Hall–Kier alpha value is -2.05. The molecule has 0 aliphatic carbocycles. The summed E-state index contributed by atoms with van der Waals surface area (Å²) in [6.45, 7) is 3.80. The Balaban J connectivity index is 2.18. The summed E-state index contributed by atoms with van der Waals surface area (Å²) in [6, 6.07) is -0.0315. The number of hydrogen-bond donors (Lipinski definition) is 0. The third kappa shape index (κ3) is 2.54. The summed E-state index contributed by atoms with van der Waals surface area (Å²) in [5, 5.41) is 4.07. The van der Waals surface area contributed by atoms with Crippen molar-refractivity contribution in [3.63, 3.8) is 0 Å². The van der Waals surface area contributed by atoms with Gasteiger partial charge in [0.15, 0.2) is 0 Å². The van der Waals surface area contributed by atoms with Crippen LogP contribution in [0.5, 0.6) is 0 Å². The average Bonchev–Trinajstić information content (AvgIpc) is 2.88. The van der Waals surface area contributed by atoms with Crippen LogP contribution in [0, 0.1) is 0 Å². The van der Waals surface area contributed by atoms with Gasteiger partial charge in [-0.2, -0.15) is 5.10 Å². The van der Waals surface area contributed by atoms with Crippen LogP contribution in [0.1, 0.15) is 23.0 Å². The molecule has 0 atom stereocenters. The highest BCUT2D eigenvalue weighted by Gasteiger charge is 2.28. The van der Waals surface area contributed by atoms with Crippen LogP contribution >= 0.6 is 0 Å². The van der Waals surface area contributed by atoms with Gasteiger partial charge < -0.3 is 14.5 Å². The van der Waals surface area contributed by atoms with E-state index in [1.54, 1.807) is 35.5 Å². The van der Waals surface area contributed by atoms with Crippen molar-refractivity contribution in [2.24, 2.45) is 7.05 Å². The maximum absolute atomic E-state index is 11.9. The molecule has 2 heterocycles. The van der Waals surface area contributed by atoms with Crippen molar-refractivity contribution in [1.82, 2.24) is 19.6 Å². The molecule has 7 heteroatoms. The van der Waals surface area contributed by atoms with Gasteiger partial charge in [-0.05, 0) is 6.92 Å². The van der Waals surface area contributed by atoms with E-state index < -0.39 is 5.97 Å². The minimum atomic E-state index is -0.398. The number of esters is 1. The molecule has 0 N–H and O–H groups in total. The van der Waals surface area contributed by atoms with Gasteiger partial charge >= 0.3 is 12.0 Å². The largest absolute Gasteiger partial charge is 0.462 e. The van der Waals surface area contributed by atoms with Gasteiger partial charge in [0.1, 0.15) is 5.56 Å². The molecule has 7 nitrogen and oxygen atoms in total. The molecule has 1 aromatic heterocycles. The van der Waals surface area contributed by atoms with E-state index in [2.05, 4.69) is 5.10 Å². The van der Waals surface area contributed by atoms with Gasteiger partial charge in [-0.3, -0.25) is 4.68 Å². The van der Waals surface area contributed by atoms with Crippen molar-refractivity contribution in [3.05, 3.63) is 17.5 Å². The zero-order valence-corrected chi connectivity index (χ0v) is 11.4.